The highest BCUT2D eigenvalue weighted by Gasteiger charge is 2.39. The fourth-order valence-corrected chi connectivity index (χ4v) is 4.74. The number of rotatable bonds is 2. The van der Waals surface area contributed by atoms with Crippen LogP contribution in [0.2, 0.25) is 0 Å². The Balaban J connectivity index is 1.67. The molecule has 5 atom stereocenters. The van der Waals surface area contributed by atoms with Crippen molar-refractivity contribution in [2.24, 2.45) is 11.8 Å². The molecule has 3 aliphatic rings. The van der Waals surface area contributed by atoms with Crippen molar-refractivity contribution in [2.75, 3.05) is 19.6 Å². The van der Waals surface area contributed by atoms with E-state index in [1.165, 1.54) is 58.2 Å². The van der Waals surface area contributed by atoms with Crippen LogP contribution in [0.4, 0.5) is 0 Å². The minimum Gasteiger partial charge on any atom is -0.298 e. The summed E-state index contributed by atoms with van der Waals surface area (Å²) in [5.41, 5.74) is 0. The Bertz CT molecular complexity index is 304. The standard InChI is InChI=1S/C17H32N2/c1-4-15-11-18-9-5-6-17(18)12-19(15)16-8-7-13(2)14(3)10-16/h13-17H,4-12H2,1-3H3. The summed E-state index contributed by atoms with van der Waals surface area (Å²) in [5, 5.41) is 0. The Labute approximate surface area is 119 Å². The minimum atomic E-state index is 0.833. The van der Waals surface area contributed by atoms with Crippen LogP contribution in [-0.4, -0.2) is 47.6 Å². The molecule has 0 aromatic carbocycles. The molecule has 1 saturated carbocycles. The van der Waals surface area contributed by atoms with Crippen molar-refractivity contribution >= 4 is 0 Å². The van der Waals surface area contributed by atoms with Crippen molar-refractivity contribution in [3.8, 4) is 0 Å². The van der Waals surface area contributed by atoms with E-state index in [0.29, 0.717) is 0 Å². The van der Waals surface area contributed by atoms with Gasteiger partial charge in [-0.1, -0.05) is 20.8 Å². The van der Waals surface area contributed by atoms with Gasteiger partial charge in [0.2, 0.25) is 0 Å². The first kappa shape index (κ1) is 13.9. The highest BCUT2D eigenvalue weighted by Crippen LogP contribution is 2.36. The second-order valence-corrected chi connectivity index (χ2v) is 7.47. The highest BCUT2D eigenvalue weighted by atomic mass is 15.3. The van der Waals surface area contributed by atoms with Crippen molar-refractivity contribution < 1.29 is 0 Å². The van der Waals surface area contributed by atoms with Crippen LogP contribution in [0.3, 0.4) is 0 Å². The quantitative estimate of drug-likeness (QED) is 0.754. The molecule has 0 amide bonds. The molecule has 2 nitrogen and oxygen atoms in total. The van der Waals surface area contributed by atoms with E-state index in [2.05, 4.69) is 30.6 Å². The SMILES string of the molecule is CCC1CN2CCCC2CN1C1CCC(C)C(C)C1. The molecule has 2 saturated heterocycles. The van der Waals surface area contributed by atoms with Crippen molar-refractivity contribution in [1.29, 1.82) is 0 Å². The lowest BCUT2D eigenvalue weighted by molar-refractivity contribution is -0.00549. The lowest BCUT2D eigenvalue weighted by Crippen LogP contribution is -2.59. The second kappa shape index (κ2) is 5.73. The van der Waals surface area contributed by atoms with Crippen LogP contribution in [0, 0.1) is 11.8 Å². The zero-order chi connectivity index (χ0) is 13.4. The molecule has 2 heteroatoms. The van der Waals surface area contributed by atoms with Crippen LogP contribution in [0.15, 0.2) is 0 Å². The molecule has 0 N–H and O–H groups in total. The molecule has 0 aromatic heterocycles. The molecule has 0 aromatic rings. The predicted molar refractivity (Wildman–Crippen MR) is 81.3 cm³/mol. The van der Waals surface area contributed by atoms with Crippen LogP contribution < -0.4 is 0 Å². The second-order valence-electron chi connectivity index (χ2n) is 7.47. The summed E-state index contributed by atoms with van der Waals surface area (Å²) in [4.78, 5) is 5.70. The number of nitrogens with zero attached hydrogens (tertiary/aromatic N) is 2. The summed E-state index contributed by atoms with van der Waals surface area (Å²) in [6, 6.07) is 2.61. The molecule has 19 heavy (non-hydrogen) atoms. The summed E-state index contributed by atoms with van der Waals surface area (Å²) in [5.74, 6) is 1.88. The smallest absolute Gasteiger partial charge is 0.0224 e. The maximum atomic E-state index is 2.93. The average Bonchev–Trinajstić information content (AvgIpc) is 2.87. The molecule has 0 spiro atoms. The highest BCUT2D eigenvalue weighted by molar-refractivity contribution is 4.95. The van der Waals surface area contributed by atoms with Crippen LogP contribution in [0.25, 0.3) is 0 Å². The molecule has 110 valence electrons. The third-order valence-corrected chi connectivity index (χ3v) is 6.35. The Morgan fingerprint density at radius 1 is 0.947 bits per heavy atom. The summed E-state index contributed by atoms with van der Waals surface area (Å²) >= 11 is 0. The lowest BCUT2D eigenvalue weighted by Gasteiger charge is -2.49. The van der Waals surface area contributed by atoms with Gasteiger partial charge in [0.1, 0.15) is 0 Å². The molecular weight excluding hydrogens is 232 g/mol. The van der Waals surface area contributed by atoms with Gasteiger partial charge in [0, 0.05) is 31.2 Å². The molecule has 0 bridgehead atoms. The zero-order valence-electron chi connectivity index (χ0n) is 13.1. The van der Waals surface area contributed by atoms with Crippen LogP contribution >= 0.6 is 0 Å². The summed E-state index contributed by atoms with van der Waals surface area (Å²) in [6.45, 7) is 11.4. The third-order valence-electron chi connectivity index (χ3n) is 6.35. The van der Waals surface area contributed by atoms with Gasteiger partial charge < -0.3 is 0 Å². The van der Waals surface area contributed by atoms with E-state index in [9.17, 15) is 0 Å². The molecule has 5 unspecified atom stereocenters. The van der Waals surface area contributed by atoms with Gasteiger partial charge in [-0.15, -0.1) is 0 Å². The van der Waals surface area contributed by atoms with Gasteiger partial charge in [-0.05, 0) is 56.9 Å². The number of hydrogen-bond acceptors (Lipinski definition) is 2. The summed E-state index contributed by atoms with van der Waals surface area (Å²) < 4.78 is 0. The zero-order valence-corrected chi connectivity index (χ0v) is 13.1. The van der Waals surface area contributed by atoms with E-state index >= 15 is 0 Å². The van der Waals surface area contributed by atoms with Gasteiger partial charge in [0.25, 0.3) is 0 Å². The number of fused-ring (bicyclic) bond motifs is 1. The summed E-state index contributed by atoms with van der Waals surface area (Å²) in [7, 11) is 0. The molecule has 3 rings (SSSR count). The Morgan fingerprint density at radius 2 is 1.79 bits per heavy atom. The average molecular weight is 264 g/mol. The maximum Gasteiger partial charge on any atom is 0.0224 e. The van der Waals surface area contributed by atoms with Gasteiger partial charge >= 0.3 is 0 Å². The fourth-order valence-electron chi connectivity index (χ4n) is 4.74. The third kappa shape index (κ3) is 2.71. The van der Waals surface area contributed by atoms with Gasteiger partial charge in [0.15, 0.2) is 0 Å². The van der Waals surface area contributed by atoms with E-state index in [1.807, 2.05) is 0 Å². The number of hydrogen-bond donors (Lipinski definition) is 0. The van der Waals surface area contributed by atoms with E-state index in [0.717, 1.165) is 30.0 Å². The van der Waals surface area contributed by atoms with Crippen LogP contribution in [0.1, 0.15) is 59.3 Å². The fraction of sp³-hybridized carbons (Fsp3) is 1.00. The molecule has 0 radical (unpaired) electrons. The lowest BCUT2D eigenvalue weighted by atomic mass is 9.78. The minimum absolute atomic E-state index is 0.833. The monoisotopic (exact) mass is 264 g/mol. The van der Waals surface area contributed by atoms with Gasteiger partial charge in [0.05, 0.1) is 0 Å². The molecule has 1 aliphatic carbocycles. The molecular formula is C17H32N2. The van der Waals surface area contributed by atoms with Crippen molar-refractivity contribution in [1.82, 2.24) is 9.80 Å². The van der Waals surface area contributed by atoms with Crippen LogP contribution in [0.5, 0.6) is 0 Å². The first-order valence-corrected chi connectivity index (χ1v) is 8.68. The normalized spacial score (nSPS) is 45.3. The van der Waals surface area contributed by atoms with E-state index < -0.39 is 0 Å². The van der Waals surface area contributed by atoms with Gasteiger partial charge in [-0.3, -0.25) is 9.80 Å². The molecule has 2 aliphatic heterocycles. The first-order chi connectivity index (χ1) is 9.19. The predicted octanol–water partition coefficient (Wildman–Crippen LogP) is 3.37. The molecule has 3 fully saturated rings. The van der Waals surface area contributed by atoms with E-state index in [-0.39, 0.29) is 0 Å². The largest absolute Gasteiger partial charge is 0.298 e. The van der Waals surface area contributed by atoms with Crippen LogP contribution in [-0.2, 0) is 0 Å². The number of piperazine rings is 1. The maximum absolute atomic E-state index is 2.93. The van der Waals surface area contributed by atoms with E-state index in [1.54, 1.807) is 0 Å². The van der Waals surface area contributed by atoms with Crippen molar-refractivity contribution in [3.05, 3.63) is 0 Å². The topological polar surface area (TPSA) is 6.48 Å². The Kier molecular flexibility index (Phi) is 4.19. The summed E-state index contributed by atoms with van der Waals surface area (Å²) in [6.07, 6.45) is 8.58. The molecule has 2 heterocycles. The Morgan fingerprint density at radius 3 is 2.53 bits per heavy atom. The Hall–Kier alpha value is -0.0800. The van der Waals surface area contributed by atoms with E-state index in [4.69, 9.17) is 0 Å². The van der Waals surface area contributed by atoms with Crippen molar-refractivity contribution in [2.45, 2.75) is 77.4 Å². The van der Waals surface area contributed by atoms with Crippen molar-refractivity contribution in [3.63, 3.8) is 0 Å². The van der Waals surface area contributed by atoms with Gasteiger partial charge in [-0.25, -0.2) is 0 Å². The first-order valence-electron chi connectivity index (χ1n) is 8.68. The van der Waals surface area contributed by atoms with Gasteiger partial charge in [-0.2, -0.15) is 0 Å².